The van der Waals surface area contributed by atoms with Gasteiger partial charge in [-0.05, 0) is 53.2 Å². The van der Waals surface area contributed by atoms with E-state index >= 15 is 0 Å². The van der Waals surface area contributed by atoms with E-state index in [2.05, 4.69) is 62.5 Å². The molecule has 2 nitrogen and oxygen atoms in total. The molecule has 1 rings (SSSR count). The Bertz CT molecular complexity index is 397. The van der Waals surface area contributed by atoms with Gasteiger partial charge in [0, 0.05) is 5.56 Å². The van der Waals surface area contributed by atoms with Gasteiger partial charge in [-0.3, -0.25) is 0 Å². The van der Waals surface area contributed by atoms with E-state index in [-0.39, 0.29) is 5.41 Å². The van der Waals surface area contributed by atoms with Gasteiger partial charge in [0.2, 0.25) is 0 Å². The molecule has 4 heteroatoms. The van der Waals surface area contributed by atoms with Gasteiger partial charge in [0.15, 0.2) is 0 Å². The molecule has 1 aromatic carbocycles. The van der Waals surface area contributed by atoms with Crippen molar-refractivity contribution in [2.75, 3.05) is 7.11 Å². The fourth-order valence-corrected chi connectivity index (χ4v) is 3.11. The van der Waals surface area contributed by atoms with Crippen LogP contribution in [0.25, 0.3) is 0 Å². The summed E-state index contributed by atoms with van der Waals surface area (Å²) < 4.78 is 12.7. The highest BCUT2D eigenvalue weighted by molar-refractivity contribution is 14.1. The summed E-state index contributed by atoms with van der Waals surface area (Å²) in [6.45, 7) is 10.8. The normalized spacial score (nSPS) is 11.8. The summed E-state index contributed by atoms with van der Waals surface area (Å²) in [6, 6.07) is 4.07. The summed E-state index contributed by atoms with van der Waals surface area (Å²) in [5.74, 6) is 1.91. The summed E-state index contributed by atoms with van der Waals surface area (Å²) in [6.07, 6.45) is 0. The van der Waals surface area contributed by atoms with Crippen molar-refractivity contribution in [1.29, 1.82) is 0 Å². The first kappa shape index (κ1) is 14.8. The maximum atomic E-state index is 6.06. The third kappa shape index (κ3) is 3.61. The Morgan fingerprint density at radius 3 is 2.18 bits per heavy atom. The molecule has 0 saturated heterocycles. The standard InChI is InChI=1S/C13H20IO2Si/c1-13(2,3)11-10(15-4)8-7-9(14)12(11)16-17(5)6/h7-8H,1-6H3. The Morgan fingerprint density at radius 2 is 1.76 bits per heavy atom. The van der Waals surface area contributed by atoms with Gasteiger partial charge in [-0.1, -0.05) is 20.8 Å². The van der Waals surface area contributed by atoms with Crippen molar-refractivity contribution in [2.24, 2.45) is 0 Å². The molecule has 0 saturated carbocycles. The van der Waals surface area contributed by atoms with Crippen molar-refractivity contribution < 1.29 is 9.16 Å². The van der Waals surface area contributed by atoms with Crippen molar-refractivity contribution >= 4 is 31.6 Å². The molecule has 0 heterocycles. The van der Waals surface area contributed by atoms with Crippen LogP contribution in [0.15, 0.2) is 12.1 Å². The van der Waals surface area contributed by atoms with Gasteiger partial charge in [-0.25, -0.2) is 0 Å². The molecule has 0 amide bonds. The molecular weight excluding hydrogens is 343 g/mol. The number of hydrogen-bond acceptors (Lipinski definition) is 2. The summed E-state index contributed by atoms with van der Waals surface area (Å²) in [5.41, 5.74) is 1.18. The monoisotopic (exact) mass is 363 g/mol. The van der Waals surface area contributed by atoms with Gasteiger partial charge in [0.25, 0.3) is 9.04 Å². The lowest BCUT2D eigenvalue weighted by molar-refractivity contribution is 0.390. The summed E-state index contributed by atoms with van der Waals surface area (Å²) in [4.78, 5) is 0. The van der Waals surface area contributed by atoms with E-state index in [9.17, 15) is 0 Å². The molecule has 17 heavy (non-hydrogen) atoms. The van der Waals surface area contributed by atoms with Gasteiger partial charge in [0.1, 0.15) is 11.5 Å². The molecule has 1 aromatic rings. The Balaban J connectivity index is 3.42. The van der Waals surface area contributed by atoms with Crippen molar-refractivity contribution in [3.8, 4) is 11.5 Å². The Morgan fingerprint density at radius 1 is 1.18 bits per heavy atom. The number of halogens is 1. The van der Waals surface area contributed by atoms with Crippen LogP contribution < -0.4 is 9.16 Å². The van der Waals surface area contributed by atoms with Gasteiger partial charge in [-0.2, -0.15) is 0 Å². The fraction of sp³-hybridized carbons (Fsp3) is 0.538. The first-order chi connectivity index (χ1) is 7.77. The van der Waals surface area contributed by atoms with Crippen molar-refractivity contribution in [2.45, 2.75) is 39.3 Å². The Kier molecular flexibility index (Phi) is 4.89. The van der Waals surface area contributed by atoms with Crippen molar-refractivity contribution in [3.63, 3.8) is 0 Å². The van der Waals surface area contributed by atoms with E-state index in [4.69, 9.17) is 9.16 Å². The number of rotatable bonds is 3. The second-order valence-corrected chi connectivity index (χ2v) is 8.40. The molecule has 0 spiro atoms. The molecule has 0 aliphatic carbocycles. The second-order valence-electron chi connectivity index (χ2n) is 5.21. The summed E-state index contributed by atoms with van der Waals surface area (Å²) in [5, 5.41) is 0. The smallest absolute Gasteiger partial charge is 0.274 e. The largest absolute Gasteiger partial charge is 0.542 e. The third-order valence-corrected chi connectivity index (χ3v) is 3.81. The molecule has 0 aromatic heterocycles. The van der Waals surface area contributed by atoms with Gasteiger partial charge < -0.3 is 9.16 Å². The Hall–Kier alpha value is -0.233. The SMILES string of the molecule is COc1ccc(I)c(O[Si](C)C)c1C(C)(C)C. The molecule has 0 bridgehead atoms. The molecule has 0 aliphatic heterocycles. The van der Waals surface area contributed by atoms with E-state index in [1.165, 1.54) is 0 Å². The lowest BCUT2D eigenvalue weighted by Gasteiger charge is -2.27. The van der Waals surface area contributed by atoms with Crippen LogP contribution in [0.5, 0.6) is 11.5 Å². The summed E-state index contributed by atoms with van der Waals surface area (Å²) in [7, 11) is 0.938. The highest BCUT2D eigenvalue weighted by atomic mass is 127. The van der Waals surface area contributed by atoms with Crippen LogP contribution in [0.2, 0.25) is 13.1 Å². The predicted octanol–water partition coefficient (Wildman–Crippen LogP) is 4.23. The van der Waals surface area contributed by atoms with Crippen LogP contribution in [0.3, 0.4) is 0 Å². The highest BCUT2D eigenvalue weighted by Gasteiger charge is 2.26. The minimum Gasteiger partial charge on any atom is -0.542 e. The third-order valence-electron chi connectivity index (χ3n) is 2.35. The Labute approximate surface area is 120 Å². The molecule has 0 unspecified atom stereocenters. The van der Waals surface area contributed by atoms with Crippen LogP contribution >= 0.6 is 22.6 Å². The maximum Gasteiger partial charge on any atom is 0.274 e. The maximum absolute atomic E-state index is 6.06. The zero-order chi connectivity index (χ0) is 13.2. The van der Waals surface area contributed by atoms with E-state index in [0.29, 0.717) is 0 Å². The predicted molar refractivity (Wildman–Crippen MR) is 82.5 cm³/mol. The highest BCUT2D eigenvalue weighted by Crippen LogP contribution is 2.41. The molecule has 0 atom stereocenters. The van der Waals surface area contributed by atoms with Crippen LogP contribution in [-0.4, -0.2) is 16.2 Å². The quantitative estimate of drug-likeness (QED) is 0.591. The molecule has 1 radical (unpaired) electrons. The lowest BCUT2D eigenvalue weighted by Crippen LogP contribution is -2.20. The van der Waals surface area contributed by atoms with Crippen molar-refractivity contribution in [3.05, 3.63) is 21.3 Å². The molecule has 0 fully saturated rings. The zero-order valence-electron chi connectivity index (χ0n) is 11.3. The first-order valence-electron chi connectivity index (χ1n) is 5.62. The number of benzene rings is 1. The van der Waals surface area contributed by atoms with E-state index < -0.39 is 9.04 Å². The number of hydrogen-bond donors (Lipinski definition) is 0. The van der Waals surface area contributed by atoms with Gasteiger partial charge in [0.05, 0.1) is 10.7 Å². The fourth-order valence-electron chi connectivity index (χ4n) is 1.72. The van der Waals surface area contributed by atoms with Crippen LogP contribution in [0.1, 0.15) is 26.3 Å². The average molecular weight is 363 g/mol. The second kappa shape index (κ2) is 5.61. The minimum atomic E-state index is -0.776. The summed E-state index contributed by atoms with van der Waals surface area (Å²) >= 11 is 2.33. The van der Waals surface area contributed by atoms with Crippen molar-refractivity contribution in [1.82, 2.24) is 0 Å². The van der Waals surface area contributed by atoms with Crippen LogP contribution in [0.4, 0.5) is 0 Å². The molecule has 95 valence electrons. The topological polar surface area (TPSA) is 18.5 Å². The van der Waals surface area contributed by atoms with Crippen LogP contribution in [0, 0.1) is 3.57 Å². The van der Waals surface area contributed by atoms with Gasteiger partial charge >= 0.3 is 0 Å². The number of methoxy groups -OCH3 is 1. The number of ether oxygens (including phenoxy) is 1. The van der Waals surface area contributed by atoms with Crippen LogP contribution in [-0.2, 0) is 5.41 Å². The average Bonchev–Trinajstić information content (AvgIpc) is 2.18. The van der Waals surface area contributed by atoms with E-state index in [1.807, 2.05) is 6.07 Å². The lowest BCUT2D eigenvalue weighted by atomic mass is 9.85. The first-order valence-corrected chi connectivity index (χ1v) is 9.11. The molecule has 0 aliphatic rings. The van der Waals surface area contributed by atoms with Gasteiger partial charge in [-0.15, -0.1) is 0 Å². The zero-order valence-corrected chi connectivity index (χ0v) is 14.5. The minimum absolute atomic E-state index is 0.0131. The van der Waals surface area contributed by atoms with E-state index in [1.54, 1.807) is 7.11 Å². The van der Waals surface area contributed by atoms with E-state index in [0.717, 1.165) is 20.6 Å². The molecular formula is C13H20IO2Si. The molecule has 0 N–H and O–H groups in total.